The van der Waals surface area contributed by atoms with Crippen LogP contribution < -0.4 is 0 Å². The summed E-state index contributed by atoms with van der Waals surface area (Å²) in [6.07, 6.45) is 0.958. The Balaban J connectivity index is 2.31. The molecule has 1 amide bonds. The highest BCUT2D eigenvalue weighted by Crippen LogP contribution is 2.32. The second-order valence-electron chi connectivity index (χ2n) is 4.16. The molecule has 0 unspecified atom stereocenters. The Morgan fingerprint density at radius 2 is 2.21 bits per heavy atom. The molecule has 7 heteroatoms. The lowest BCUT2D eigenvalue weighted by molar-refractivity contribution is -0.125. The maximum atomic E-state index is 11.6. The zero-order valence-electron chi connectivity index (χ0n) is 10.9. The number of thiophene rings is 1. The van der Waals surface area contributed by atoms with Gasteiger partial charge in [0.05, 0.1) is 5.75 Å². The number of fused-ring (bicyclic) bond motifs is 1. The molecule has 0 saturated carbocycles. The smallest absolute Gasteiger partial charge is 0.232 e. The lowest BCUT2D eigenvalue weighted by Crippen LogP contribution is -2.23. The summed E-state index contributed by atoms with van der Waals surface area (Å²) >= 11 is 8.96. The van der Waals surface area contributed by atoms with E-state index in [2.05, 4.69) is 23.0 Å². The summed E-state index contributed by atoms with van der Waals surface area (Å²) in [7, 11) is 3.48. The van der Waals surface area contributed by atoms with Crippen LogP contribution in [0.25, 0.3) is 10.2 Å². The minimum absolute atomic E-state index is 0.0545. The summed E-state index contributed by atoms with van der Waals surface area (Å²) in [5, 5.41) is 2.00. The van der Waals surface area contributed by atoms with Gasteiger partial charge in [0.15, 0.2) is 0 Å². The maximum Gasteiger partial charge on any atom is 0.232 e. The molecule has 4 nitrogen and oxygen atoms in total. The van der Waals surface area contributed by atoms with E-state index in [0.29, 0.717) is 5.75 Å². The average Bonchev–Trinajstić information content (AvgIpc) is 2.78. The minimum atomic E-state index is 0.0545. The van der Waals surface area contributed by atoms with E-state index in [4.69, 9.17) is 11.6 Å². The average molecular weight is 316 g/mol. The van der Waals surface area contributed by atoms with Crippen molar-refractivity contribution >= 4 is 50.8 Å². The highest BCUT2D eigenvalue weighted by atomic mass is 35.5. The van der Waals surface area contributed by atoms with Gasteiger partial charge in [0, 0.05) is 24.4 Å². The summed E-state index contributed by atoms with van der Waals surface area (Å²) < 4.78 is 0. The summed E-state index contributed by atoms with van der Waals surface area (Å²) in [5.74, 6) is 0.408. The topological polar surface area (TPSA) is 46.1 Å². The van der Waals surface area contributed by atoms with E-state index in [9.17, 15) is 4.79 Å². The second kappa shape index (κ2) is 6.07. The van der Waals surface area contributed by atoms with Crippen molar-refractivity contribution in [1.82, 2.24) is 14.9 Å². The number of hydrogen-bond acceptors (Lipinski definition) is 5. The first-order valence-corrected chi connectivity index (χ1v) is 7.98. The third-order valence-corrected chi connectivity index (χ3v) is 4.88. The van der Waals surface area contributed by atoms with Crippen molar-refractivity contribution in [3.05, 3.63) is 16.2 Å². The molecule has 0 aliphatic carbocycles. The summed E-state index contributed by atoms with van der Waals surface area (Å²) in [4.78, 5) is 23.8. The molecule has 19 heavy (non-hydrogen) atoms. The monoisotopic (exact) mass is 315 g/mol. The fraction of sp³-hybridized carbons (Fsp3) is 0.417. The highest BCUT2D eigenvalue weighted by molar-refractivity contribution is 8.00. The van der Waals surface area contributed by atoms with E-state index in [0.717, 1.165) is 21.7 Å². The molecule has 2 aromatic rings. The predicted molar refractivity (Wildman–Crippen MR) is 81.2 cm³/mol. The zero-order valence-corrected chi connectivity index (χ0v) is 13.3. The third kappa shape index (κ3) is 3.38. The number of carbonyl (C=O) groups is 1. The van der Waals surface area contributed by atoms with Crippen LogP contribution >= 0.6 is 34.7 Å². The van der Waals surface area contributed by atoms with Crippen LogP contribution in [0.4, 0.5) is 0 Å². The van der Waals surface area contributed by atoms with Crippen molar-refractivity contribution in [3.8, 4) is 0 Å². The van der Waals surface area contributed by atoms with Gasteiger partial charge in [-0.1, -0.05) is 18.7 Å². The fourth-order valence-electron chi connectivity index (χ4n) is 1.46. The molecule has 0 aliphatic heterocycles. The SMILES string of the molecule is CCc1cc2c(SCC(=O)N(C)C)nc(Cl)nc2s1. The van der Waals surface area contributed by atoms with Crippen LogP contribution in [0.3, 0.4) is 0 Å². The normalized spacial score (nSPS) is 10.9. The number of amides is 1. The summed E-state index contributed by atoms with van der Waals surface area (Å²) in [6, 6.07) is 2.08. The highest BCUT2D eigenvalue weighted by Gasteiger charge is 2.13. The number of halogens is 1. The maximum absolute atomic E-state index is 11.6. The van der Waals surface area contributed by atoms with Crippen molar-refractivity contribution < 1.29 is 4.79 Å². The van der Waals surface area contributed by atoms with Crippen molar-refractivity contribution in [2.45, 2.75) is 18.4 Å². The molecule has 102 valence electrons. The largest absolute Gasteiger partial charge is 0.348 e. The number of aryl methyl sites for hydroxylation is 1. The lowest BCUT2D eigenvalue weighted by atomic mass is 10.3. The Labute approximate surface area is 125 Å². The first-order valence-electron chi connectivity index (χ1n) is 5.80. The van der Waals surface area contributed by atoms with Crippen LogP contribution in [0, 0.1) is 0 Å². The number of thioether (sulfide) groups is 1. The van der Waals surface area contributed by atoms with E-state index in [-0.39, 0.29) is 11.2 Å². The third-order valence-electron chi connectivity index (χ3n) is 2.56. The first-order chi connectivity index (χ1) is 9.01. The van der Waals surface area contributed by atoms with Crippen molar-refractivity contribution in [2.24, 2.45) is 0 Å². The number of nitrogens with zero attached hydrogens (tertiary/aromatic N) is 3. The Hall–Kier alpha value is -0.850. The molecule has 0 saturated heterocycles. The van der Waals surface area contributed by atoms with Crippen LogP contribution in [0.5, 0.6) is 0 Å². The van der Waals surface area contributed by atoms with E-state index >= 15 is 0 Å². The van der Waals surface area contributed by atoms with Gasteiger partial charge in [0.25, 0.3) is 0 Å². The molecule has 0 aromatic carbocycles. The predicted octanol–water partition coefficient (Wildman–Crippen LogP) is 3.09. The molecule has 0 aliphatic rings. The van der Waals surface area contributed by atoms with Crippen LogP contribution in [0.15, 0.2) is 11.1 Å². The Morgan fingerprint density at radius 1 is 1.47 bits per heavy atom. The number of hydrogen-bond donors (Lipinski definition) is 0. The quantitative estimate of drug-likeness (QED) is 0.494. The van der Waals surface area contributed by atoms with Crippen LogP contribution in [-0.4, -0.2) is 40.6 Å². The molecule has 0 bridgehead atoms. The Kier molecular flexibility index (Phi) is 4.65. The molecule has 2 aromatic heterocycles. The standard InChI is InChI=1S/C12H14ClN3OS2/c1-4-7-5-8-10(18-6-9(17)16(2)3)14-12(13)15-11(8)19-7/h5H,4,6H2,1-3H3. The molecule has 0 spiro atoms. The number of aromatic nitrogens is 2. The minimum Gasteiger partial charge on any atom is -0.348 e. The van der Waals surface area contributed by atoms with Crippen LogP contribution in [0.2, 0.25) is 5.28 Å². The van der Waals surface area contributed by atoms with Gasteiger partial charge in [0.1, 0.15) is 9.86 Å². The molecule has 2 rings (SSSR count). The van der Waals surface area contributed by atoms with E-state index < -0.39 is 0 Å². The molecule has 0 N–H and O–H groups in total. The Morgan fingerprint density at radius 3 is 2.84 bits per heavy atom. The molecular weight excluding hydrogens is 302 g/mol. The lowest BCUT2D eigenvalue weighted by Gasteiger charge is -2.09. The fourth-order valence-corrected chi connectivity index (χ4v) is 3.75. The molecule has 0 radical (unpaired) electrons. The molecule has 0 fully saturated rings. The van der Waals surface area contributed by atoms with Gasteiger partial charge in [-0.25, -0.2) is 9.97 Å². The number of carbonyl (C=O) groups excluding carboxylic acids is 1. The Bertz CT molecular complexity index is 612. The van der Waals surface area contributed by atoms with Crippen molar-refractivity contribution in [2.75, 3.05) is 19.8 Å². The summed E-state index contributed by atoms with van der Waals surface area (Å²) in [6.45, 7) is 2.10. The van der Waals surface area contributed by atoms with Gasteiger partial charge < -0.3 is 4.90 Å². The van der Waals surface area contributed by atoms with Crippen LogP contribution in [0.1, 0.15) is 11.8 Å². The van der Waals surface area contributed by atoms with Crippen molar-refractivity contribution in [1.29, 1.82) is 0 Å². The van der Waals surface area contributed by atoms with Gasteiger partial charge in [0.2, 0.25) is 11.2 Å². The van der Waals surface area contributed by atoms with Gasteiger partial charge in [-0.3, -0.25) is 4.79 Å². The van der Waals surface area contributed by atoms with Gasteiger partial charge in [-0.2, -0.15) is 0 Å². The van der Waals surface area contributed by atoms with Crippen LogP contribution in [-0.2, 0) is 11.2 Å². The van der Waals surface area contributed by atoms with Crippen molar-refractivity contribution in [3.63, 3.8) is 0 Å². The van der Waals surface area contributed by atoms with E-state index in [1.807, 2.05) is 0 Å². The molecule has 2 heterocycles. The van der Waals surface area contributed by atoms with E-state index in [1.165, 1.54) is 16.6 Å². The summed E-state index contributed by atoms with van der Waals surface area (Å²) in [5.41, 5.74) is 0. The first kappa shape index (κ1) is 14.6. The number of rotatable bonds is 4. The van der Waals surface area contributed by atoms with Gasteiger partial charge in [-0.15, -0.1) is 11.3 Å². The zero-order chi connectivity index (χ0) is 14.0. The molecule has 0 atom stereocenters. The van der Waals surface area contributed by atoms with Gasteiger partial charge in [-0.05, 0) is 24.1 Å². The second-order valence-corrected chi connectivity index (χ2v) is 6.58. The molecular formula is C12H14ClN3OS2. The van der Waals surface area contributed by atoms with E-state index in [1.54, 1.807) is 30.3 Å². The van der Waals surface area contributed by atoms with Gasteiger partial charge >= 0.3 is 0 Å².